The summed E-state index contributed by atoms with van der Waals surface area (Å²) in [7, 11) is -4.92. The van der Waals surface area contributed by atoms with E-state index in [1.165, 1.54) is 6.92 Å². The van der Waals surface area contributed by atoms with Crippen molar-refractivity contribution in [1.29, 1.82) is 0 Å². The summed E-state index contributed by atoms with van der Waals surface area (Å²) in [6.45, 7) is 1.13. The van der Waals surface area contributed by atoms with Gasteiger partial charge in [0.25, 0.3) is 5.95 Å². The van der Waals surface area contributed by atoms with Gasteiger partial charge in [-0.25, -0.2) is 9.36 Å². The van der Waals surface area contributed by atoms with Crippen LogP contribution < -0.4 is 9.80 Å². The molecule has 1 amide bonds. The van der Waals surface area contributed by atoms with Gasteiger partial charge in [-0.05, 0) is 72.5 Å². The number of ether oxygens (including phenoxy) is 1. The van der Waals surface area contributed by atoms with Crippen molar-refractivity contribution in [2.24, 2.45) is 0 Å². The number of carbonyl (C=O) groups is 1. The summed E-state index contributed by atoms with van der Waals surface area (Å²) in [4.78, 5) is 33.8. The molecule has 49 heavy (non-hydrogen) atoms. The highest BCUT2D eigenvalue weighted by Gasteiger charge is 2.43. The van der Waals surface area contributed by atoms with Gasteiger partial charge in [0.2, 0.25) is 0 Å². The van der Waals surface area contributed by atoms with Crippen molar-refractivity contribution in [1.82, 2.24) is 20.2 Å². The largest absolute Gasteiger partial charge is 0.469 e. The fraction of sp³-hybridized carbons (Fsp3) is 0.481. The number of anilines is 2. The number of amides is 1. The molecular formula is C27H28F9N6O6P. The normalized spacial score (nSPS) is 17.2. The Bertz CT molecular complexity index is 1660. The second kappa shape index (κ2) is 14.1. The molecular weight excluding hydrogens is 706 g/mol. The zero-order chi connectivity index (χ0) is 36.5. The van der Waals surface area contributed by atoms with Gasteiger partial charge >= 0.3 is 32.4 Å². The molecule has 2 heterocycles. The topological polar surface area (TPSA) is 143 Å². The smallest absolute Gasteiger partial charge is 0.449 e. The van der Waals surface area contributed by atoms with Crippen LogP contribution >= 0.6 is 7.82 Å². The molecule has 0 spiro atoms. The first-order valence-electron chi connectivity index (χ1n) is 14.3. The van der Waals surface area contributed by atoms with Crippen LogP contribution in [-0.4, -0.2) is 55.3 Å². The van der Waals surface area contributed by atoms with Gasteiger partial charge in [0.1, 0.15) is 0 Å². The number of rotatable bonds is 10. The summed E-state index contributed by atoms with van der Waals surface area (Å²) in [6, 6.07) is 1.13. The number of nitrogens with zero attached hydrogens (tertiary/aromatic N) is 6. The van der Waals surface area contributed by atoms with Gasteiger partial charge in [0, 0.05) is 12.6 Å². The molecule has 4 rings (SSSR count). The van der Waals surface area contributed by atoms with Gasteiger partial charge in [-0.3, -0.25) is 9.42 Å². The molecule has 2 N–H and O–H groups in total. The van der Waals surface area contributed by atoms with Crippen molar-refractivity contribution in [3.63, 3.8) is 0 Å². The van der Waals surface area contributed by atoms with Crippen molar-refractivity contribution < 1.29 is 67.9 Å². The number of tetrazole rings is 1. The first-order chi connectivity index (χ1) is 22.6. The molecule has 1 aliphatic heterocycles. The van der Waals surface area contributed by atoms with E-state index in [1.807, 2.05) is 0 Å². The molecule has 2 aromatic carbocycles. The van der Waals surface area contributed by atoms with Crippen LogP contribution in [0.25, 0.3) is 0 Å². The lowest BCUT2D eigenvalue weighted by Crippen LogP contribution is -2.48. The number of alkyl halides is 9. The monoisotopic (exact) mass is 734 g/mol. The predicted molar refractivity (Wildman–Crippen MR) is 151 cm³/mol. The molecule has 0 radical (unpaired) electrons. The maximum Gasteiger partial charge on any atom is 0.469 e. The third-order valence-electron chi connectivity index (χ3n) is 7.40. The van der Waals surface area contributed by atoms with Gasteiger partial charge < -0.3 is 19.4 Å². The van der Waals surface area contributed by atoms with Gasteiger partial charge in [0.15, 0.2) is 0 Å². The number of aromatic nitrogens is 4. The Morgan fingerprint density at radius 2 is 1.57 bits per heavy atom. The zero-order valence-corrected chi connectivity index (χ0v) is 26.3. The summed E-state index contributed by atoms with van der Waals surface area (Å²) in [5.74, 6) is -0.477. The van der Waals surface area contributed by atoms with E-state index in [-0.39, 0.29) is 36.8 Å². The summed E-state index contributed by atoms with van der Waals surface area (Å²) >= 11 is 0. The van der Waals surface area contributed by atoms with Crippen LogP contribution in [0.4, 0.5) is 55.9 Å². The lowest BCUT2D eigenvalue weighted by atomic mass is 9.87. The predicted octanol–water partition coefficient (Wildman–Crippen LogP) is 6.73. The number of halogens is 9. The Morgan fingerprint density at radius 3 is 2.10 bits per heavy atom. The standard InChI is InChI=1S/C27H28F9N6O6P/c1-3-19-13-22(20-12-16(25(28,29)30)5-6-21(20)42(19)24(43)47-4-2)40(23-37-39-41(38-23)7-8-48-49(44,45)46)14-15-9-17(26(31,32)33)11-18(10-15)27(34,35)36/h5-6,9-12,19,22H,3-4,7-8,13-14H2,1-2H3,(H2,44,45,46)/t19-,22+/m1/s1. The van der Waals surface area contributed by atoms with Crippen LogP contribution in [0, 0.1) is 0 Å². The molecule has 270 valence electrons. The fourth-order valence-corrected chi connectivity index (χ4v) is 5.62. The maximum atomic E-state index is 14.0. The fourth-order valence-electron chi connectivity index (χ4n) is 5.30. The molecule has 22 heteroatoms. The highest BCUT2D eigenvalue weighted by Crippen LogP contribution is 2.46. The van der Waals surface area contributed by atoms with Crippen molar-refractivity contribution in [2.45, 2.75) is 70.4 Å². The zero-order valence-electron chi connectivity index (χ0n) is 25.4. The van der Waals surface area contributed by atoms with Crippen LogP contribution in [0.5, 0.6) is 0 Å². The molecule has 1 aliphatic rings. The second-order valence-electron chi connectivity index (χ2n) is 10.7. The quantitative estimate of drug-likeness (QED) is 0.170. The minimum Gasteiger partial charge on any atom is -0.449 e. The van der Waals surface area contributed by atoms with Crippen LogP contribution in [0.15, 0.2) is 36.4 Å². The number of hydrogen-bond donors (Lipinski definition) is 2. The van der Waals surface area contributed by atoms with Crippen molar-refractivity contribution in [2.75, 3.05) is 23.0 Å². The van der Waals surface area contributed by atoms with Crippen molar-refractivity contribution >= 4 is 25.6 Å². The lowest BCUT2D eigenvalue weighted by Gasteiger charge is -2.43. The molecule has 0 bridgehead atoms. The van der Waals surface area contributed by atoms with E-state index in [2.05, 4.69) is 19.9 Å². The highest BCUT2D eigenvalue weighted by atomic mass is 31.2. The first kappa shape index (κ1) is 37.9. The van der Waals surface area contributed by atoms with Crippen LogP contribution in [-0.2, 0) is 45.4 Å². The maximum absolute atomic E-state index is 14.0. The Kier molecular flexibility index (Phi) is 10.9. The molecule has 0 saturated heterocycles. The average Bonchev–Trinajstić information content (AvgIpc) is 3.45. The summed E-state index contributed by atoms with van der Waals surface area (Å²) in [5, 5.41) is 11.6. The van der Waals surface area contributed by atoms with E-state index in [1.54, 1.807) is 6.92 Å². The number of phosphoric acid groups is 1. The summed E-state index contributed by atoms with van der Waals surface area (Å²) < 4.78 is 145. The van der Waals surface area contributed by atoms with E-state index < -0.39 is 92.4 Å². The molecule has 3 aromatic rings. The molecule has 0 fully saturated rings. The van der Waals surface area contributed by atoms with Gasteiger partial charge in [-0.15, -0.1) is 5.10 Å². The lowest BCUT2D eigenvalue weighted by molar-refractivity contribution is -0.143. The minimum absolute atomic E-state index is 0.0676. The number of hydrogen-bond acceptors (Lipinski definition) is 8. The number of fused-ring (bicyclic) bond motifs is 1. The molecule has 12 nitrogen and oxygen atoms in total. The molecule has 2 atom stereocenters. The van der Waals surface area contributed by atoms with Gasteiger partial charge in [0.05, 0.1) is 48.2 Å². The van der Waals surface area contributed by atoms with Crippen LogP contribution in [0.2, 0.25) is 0 Å². The van der Waals surface area contributed by atoms with Crippen molar-refractivity contribution in [3.05, 3.63) is 64.2 Å². The Morgan fingerprint density at radius 1 is 0.959 bits per heavy atom. The third kappa shape index (κ3) is 9.20. The van der Waals surface area contributed by atoms with E-state index >= 15 is 0 Å². The van der Waals surface area contributed by atoms with Crippen molar-refractivity contribution in [3.8, 4) is 0 Å². The van der Waals surface area contributed by atoms with E-state index in [0.717, 1.165) is 20.7 Å². The second-order valence-corrected chi connectivity index (χ2v) is 11.9. The highest BCUT2D eigenvalue weighted by molar-refractivity contribution is 7.46. The van der Waals surface area contributed by atoms with Crippen LogP contribution in [0.3, 0.4) is 0 Å². The summed E-state index contributed by atoms with van der Waals surface area (Å²) in [5.41, 5.74) is -5.30. The number of benzene rings is 2. The van der Waals surface area contributed by atoms with Gasteiger partial charge in [-0.2, -0.15) is 44.3 Å². The Balaban J connectivity index is 1.92. The minimum atomic E-state index is -5.21. The SMILES string of the molecule is CCOC(=O)N1c2ccc(C(F)(F)F)cc2[C@@H](N(Cc2cc(C(F)(F)F)cc(C(F)(F)F)c2)c2nnn(CCOP(=O)(O)O)n2)C[C@H]1CC. The third-order valence-corrected chi connectivity index (χ3v) is 7.92. The summed E-state index contributed by atoms with van der Waals surface area (Å²) in [6.07, 6.45) is -16.3. The molecule has 1 aromatic heterocycles. The van der Waals surface area contributed by atoms with Crippen LogP contribution in [0.1, 0.15) is 60.5 Å². The number of carbonyl (C=O) groups excluding carboxylic acids is 1. The Labute approximate surface area is 271 Å². The average molecular weight is 735 g/mol. The van der Waals surface area contributed by atoms with E-state index in [9.17, 15) is 48.9 Å². The van der Waals surface area contributed by atoms with E-state index in [0.29, 0.717) is 24.3 Å². The van der Waals surface area contributed by atoms with Gasteiger partial charge in [-0.1, -0.05) is 12.0 Å². The first-order valence-corrected chi connectivity index (χ1v) is 15.9. The number of phosphoric ester groups is 1. The molecule has 0 saturated carbocycles. The molecule has 0 unspecified atom stereocenters. The molecule has 0 aliphatic carbocycles. The Hall–Kier alpha value is -3.94. The van der Waals surface area contributed by atoms with E-state index in [4.69, 9.17) is 14.5 Å².